The summed E-state index contributed by atoms with van der Waals surface area (Å²) in [6.07, 6.45) is 3.79. The van der Waals surface area contributed by atoms with Crippen molar-refractivity contribution in [2.45, 2.75) is 13.5 Å². The molecule has 0 aliphatic carbocycles. The second-order valence-electron chi connectivity index (χ2n) is 5.82. The molecule has 0 radical (unpaired) electrons. The number of rotatable bonds is 7. The summed E-state index contributed by atoms with van der Waals surface area (Å²) in [5.41, 5.74) is 1.99. The summed E-state index contributed by atoms with van der Waals surface area (Å²) in [7, 11) is 0. The molecule has 0 atom stereocenters. The van der Waals surface area contributed by atoms with Crippen LogP contribution in [-0.4, -0.2) is 23.0 Å². The summed E-state index contributed by atoms with van der Waals surface area (Å²) in [6.45, 7) is 11.9. The Morgan fingerprint density at radius 2 is 1.75 bits per heavy atom. The molecule has 0 fully saturated rings. The van der Waals surface area contributed by atoms with Crippen molar-refractivity contribution >= 4 is 10.8 Å². The Morgan fingerprint density at radius 3 is 2.50 bits per heavy atom. The summed E-state index contributed by atoms with van der Waals surface area (Å²) < 4.78 is 5.98. The zero-order valence-corrected chi connectivity index (χ0v) is 14.0. The number of hydrogen-bond donors (Lipinski definition) is 0. The van der Waals surface area contributed by atoms with E-state index in [4.69, 9.17) is 9.40 Å². The van der Waals surface area contributed by atoms with Crippen LogP contribution in [0.1, 0.15) is 11.5 Å². The molecule has 24 heavy (non-hydrogen) atoms. The smallest absolute Gasteiger partial charge is 0.227 e. The lowest BCUT2D eigenvalue weighted by molar-refractivity contribution is 0.322. The monoisotopic (exact) mass is 318 g/mol. The first-order valence-corrected chi connectivity index (χ1v) is 8.11. The van der Waals surface area contributed by atoms with Crippen LogP contribution >= 0.6 is 0 Å². The molecule has 0 amide bonds. The van der Waals surface area contributed by atoms with Crippen LogP contribution in [0.3, 0.4) is 0 Å². The van der Waals surface area contributed by atoms with Crippen LogP contribution in [0, 0.1) is 6.92 Å². The molecule has 0 spiro atoms. The number of aromatic nitrogens is 1. The Bertz CT molecular complexity index is 848. The van der Waals surface area contributed by atoms with Gasteiger partial charge in [0, 0.05) is 25.2 Å². The highest BCUT2D eigenvalue weighted by molar-refractivity contribution is 5.94. The molecule has 122 valence electrons. The van der Waals surface area contributed by atoms with E-state index < -0.39 is 0 Å². The van der Waals surface area contributed by atoms with Crippen molar-refractivity contribution in [2.24, 2.45) is 0 Å². The summed E-state index contributed by atoms with van der Waals surface area (Å²) in [6, 6.07) is 14.5. The van der Waals surface area contributed by atoms with Crippen molar-refractivity contribution in [3.63, 3.8) is 0 Å². The lowest BCUT2D eigenvalue weighted by Gasteiger charge is -2.17. The summed E-state index contributed by atoms with van der Waals surface area (Å²) >= 11 is 0. The molecule has 1 heterocycles. The summed E-state index contributed by atoms with van der Waals surface area (Å²) in [5, 5.41) is 2.34. The third-order valence-corrected chi connectivity index (χ3v) is 4.06. The van der Waals surface area contributed by atoms with E-state index >= 15 is 0 Å². The van der Waals surface area contributed by atoms with Gasteiger partial charge in [-0.3, -0.25) is 4.90 Å². The summed E-state index contributed by atoms with van der Waals surface area (Å²) in [4.78, 5) is 6.98. The van der Waals surface area contributed by atoms with Gasteiger partial charge in [-0.05, 0) is 23.8 Å². The maximum absolute atomic E-state index is 5.98. The van der Waals surface area contributed by atoms with E-state index in [1.54, 1.807) is 0 Å². The van der Waals surface area contributed by atoms with Crippen molar-refractivity contribution in [1.29, 1.82) is 0 Å². The van der Waals surface area contributed by atoms with Crippen LogP contribution in [0.25, 0.3) is 22.2 Å². The van der Waals surface area contributed by atoms with Gasteiger partial charge in [0.15, 0.2) is 0 Å². The molecular formula is C21H22N2O. The van der Waals surface area contributed by atoms with Crippen LogP contribution in [0.5, 0.6) is 0 Å². The van der Waals surface area contributed by atoms with E-state index in [9.17, 15) is 0 Å². The Hall–Kier alpha value is -2.65. The van der Waals surface area contributed by atoms with Gasteiger partial charge < -0.3 is 4.42 Å². The predicted molar refractivity (Wildman–Crippen MR) is 99.9 cm³/mol. The number of benzene rings is 2. The zero-order valence-electron chi connectivity index (χ0n) is 14.0. The maximum Gasteiger partial charge on any atom is 0.227 e. The van der Waals surface area contributed by atoms with Crippen LogP contribution in [0.2, 0.25) is 0 Å². The Kier molecular flexibility index (Phi) is 4.92. The third-order valence-electron chi connectivity index (χ3n) is 4.06. The van der Waals surface area contributed by atoms with E-state index in [-0.39, 0.29) is 0 Å². The predicted octanol–water partition coefficient (Wildman–Crippen LogP) is 4.98. The molecule has 3 nitrogen and oxygen atoms in total. The highest BCUT2D eigenvalue weighted by Gasteiger charge is 2.15. The molecule has 3 heteroatoms. The molecule has 3 rings (SSSR count). The fraction of sp³-hybridized carbons (Fsp3) is 0.190. The van der Waals surface area contributed by atoms with Gasteiger partial charge in [0.1, 0.15) is 5.76 Å². The normalized spacial score (nSPS) is 11.1. The standard InChI is InChI=1S/C21H22N2O/c1-4-13-23(14-5-2)15-20-16(3)24-21(22-20)19-12-8-10-17-9-6-7-11-18(17)19/h4-12H,1-2,13-15H2,3H3. The molecule has 0 unspecified atom stereocenters. The van der Waals surface area contributed by atoms with Crippen molar-refractivity contribution in [3.8, 4) is 11.5 Å². The lowest BCUT2D eigenvalue weighted by atomic mass is 10.0. The van der Waals surface area contributed by atoms with E-state index in [1.165, 1.54) is 5.39 Å². The van der Waals surface area contributed by atoms with Gasteiger partial charge in [0.05, 0.1) is 5.69 Å². The molecule has 0 bridgehead atoms. The van der Waals surface area contributed by atoms with Crippen molar-refractivity contribution in [2.75, 3.05) is 13.1 Å². The molecule has 0 N–H and O–H groups in total. The topological polar surface area (TPSA) is 29.3 Å². The second kappa shape index (κ2) is 7.28. The molecule has 0 saturated heterocycles. The van der Waals surface area contributed by atoms with E-state index in [1.807, 2.05) is 37.3 Å². The molecule has 0 saturated carbocycles. The average molecular weight is 318 g/mol. The Labute approximate surface area is 142 Å². The van der Waals surface area contributed by atoms with Gasteiger partial charge in [-0.1, -0.05) is 48.6 Å². The minimum atomic E-state index is 0.677. The number of fused-ring (bicyclic) bond motifs is 1. The quantitative estimate of drug-likeness (QED) is 0.576. The van der Waals surface area contributed by atoms with Gasteiger partial charge in [-0.2, -0.15) is 0 Å². The second-order valence-corrected chi connectivity index (χ2v) is 5.82. The van der Waals surface area contributed by atoms with E-state index in [0.29, 0.717) is 5.89 Å². The first-order chi connectivity index (χ1) is 11.7. The minimum Gasteiger partial charge on any atom is -0.441 e. The fourth-order valence-electron chi connectivity index (χ4n) is 2.88. The maximum atomic E-state index is 5.98. The Balaban J connectivity index is 1.96. The summed E-state index contributed by atoms with van der Waals surface area (Å²) in [5.74, 6) is 1.53. The third kappa shape index (κ3) is 3.31. The van der Waals surface area contributed by atoms with Crippen LogP contribution in [-0.2, 0) is 6.54 Å². The zero-order chi connectivity index (χ0) is 16.9. The molecule has 1 aromatic heterocycles. The fourth-order valence-corrected chi connectivity index (χ4v) is 2.88. The number of aryl methyl sites for hydroxylation is 1. The van der Waals surface area contributed by atoms with Crippen molar-refractivity contribution in [3.05, 3.63) is 79.2 Å². The first kappa shape index (κ1) is 16.2. The van der Waals surface area contributed by atoms with E-state index in [2.05, 4.69) is 42.3 Å². The van der Waals surface area contributed by atoms with Gasteiger partial charge in [0.25, 0.3) is 0 Å². The largest absolute Gasteiger partial charge is 0.441 e. The van der Waals surface area contributed by atoms with Gasteiger partial charge >= 0.3 is 0 Å². The highest BCUT2D eigenvalue weighted by atomic mass is 16.4. The number of hydrogen-bond acceptors (Lipinski definition) is 3. The van der Waals surface area contributed by atoms with Gasteiger partial charge in [-0.25, -0.2) is 4.98 Å². The van der Waals surface area contributed by atoms with Crippen LogP contribution in [0.4, 0.5) is 0 Å². The van der Waals surface area contributed by atoms with E-state index in [0.717, 1.165) is 42.0 Å². The molecule has 2 aromatic carbocycles. The number of nitrogens with zero attached hydrogens (tertiary/aromatic N) is 2. The first-order valence-electron chi connectivity index (χ1n) is 8.11. The Morgan fingerprint density at radius 1 is 1.04 bits per heavy atom. The van der Waals surface area contributed by atoms with Gasteiger partial charge in [-0.15, -0.1) is 13.2 Å². The number of oxazole rings is 1. The molecule has 0 aliphatic heterocycles. The molecule has 0 aliphatic rings. The average Bonchev–Trinajstić information content (AvgIpc) is 2.95. The van der Waals surface area contributed by atoms with Crippen LogP contribution < -0.4 is 0 Å². The lowest BCUT2D eigenvalue weighted by Crippen LogP contribution is -2.23. The molecular weight excluding hydrogens is 296 g/mol. The minimum absolute atomic E-state index is 0.677. The van der Waals surface area contributed by atoms with Crippen molar-refractivity contribution < 1.29 is 4.42 Å². The SMILES string of the molecule is C=CCN(CC=C)Cc1nc(-c2cccc3ccccc23)oc1C. The van der Waals surface area contributed by atoms with Crippen LogP contribution in [0.15, 0.2) is 72.2 Å². The highest BCUT2D eigenvalue weighted by Crippen LogP contribution is 2.29. The van der Waals surface area contributed by atoms with Crippen molar-refractivity contribution in [1.82, 2.24) is 9.88 Å². The molecule has 3 aromatic rings. The van der Waals surface area contributed by atoms with Gasteiger partial charge in [0.2, 0.25) is 5.89 Å².